The molecule has 1 heterocycles. The van der Waals surface area contributed by atoms with Crippen LogP contribution in [0.5, 0.6) is 0 Å². The van der Waals surface area contributed by atoms with Crippen LogP contribution in [0.25, 0.3) is 0 Å². The van der Waals surface area contributed by atoms with Crippen LogP contribution >= 0.6 is 0 Å². The van der Waals surface area contributed by atoms with Crippen molar-refractivity contribution in [1.82, 2.24) is 4.90 Å². The summed E-state index contributed by atoms with van der Waals surface area (Å²) >= 11 is 0. The van der Waals surface area contributed by atoms with Crippen LogP contribution in [0.3, 0.4) is 0 Å². The first-order valence-corrected chi connectivity index (χ1v) is 7.95. The smallest absolute Gasteiger partial charge is 0.333 e. The van der Waals surface area contributed by atoms with E-state index in [1.807, 2.05) is 0 Å². The SMILES string of the molecule is CCC1(CC)C(=O)N(c2ccc(C#N)c(C(F)(F)F)c2)C(=O)N1C.CN. The van der Waals surface area contributed by atoms with E-state index in [0.717, 1.165) is 11.0 Å². The lowest BCUT2D eigenvalue weighted by Gasteiger charge is -2.30. The van der Waals surface area contributed by atoms with Crippen LogP contribution in [0, 0.1) is 11.3 Å². The minimum Gasteiger partial charge on any atom is -0.333 e. The van der Waals surface area contributed by atoms with Crippen LogP contribution in [-0.2, 0) is 11.0 Å². The third-order valence-electron chi connectivity index (χ3n) is 4.58. The second-order valence-corrected chi connectivity index (χ2v) is 5.56. The summed E-state index contributed by atoms with van der Waals surface area (Å²) in [5.41, 5.74) is 1.52. The van der Waals surface area contributed by atoms with Gasteiger partial charge in [-0.15, -0.1) is 0 Å². The van der Waals surface area contributed by atoms with E-state index in [-0.39, 0.29) is 5.69 Å². The van der Waals surface area contributed by atoms with E-state index in [2.05, 4.69) is 5.73 Å². The summed E-state index contributed by atoms with van der Waals surface area (Å²) in [6.45, 7) is 3.49. The number of carbonyl (C=O) groups is 2. The van der Waals surface area contributed by atoms with Crippen LogP contribution < -0.4 is 10.6 Å². The maximum absolute atomic E-state index is 13.1. The van der Waals surface area contributed by atoms with E-state index >= 15 is 0 Å². The van der Waals surface area contributed by atoms with Crippen molar-refractivity contribution in [3.8, 4) is 6.07 Å². The molecule has 1 aliphatic rings. The molecule has 0 radical (unpaired) electrons. The van der Waals surface area contributed by atoms with Gasteiger partial charge in [0.05, 0.1) is 22.9 Å². The van der Waals surface area contributed by atoms with E-state index in [0.29, 0.717) is 18.9 Å². The van der Waals surface area contributed by atoms with Crippen molar-refractivity contribution in [3.63, 3.8) is 0 Å². The maximum atomic E-state index is 13.1. The summed E-state index contributed by atoms with van der Waals surface area (Å²) in [4.78, 5) is 27.2. The summed E-state index contributed by atoms with van der Waals surface area (Å²) in [6.07, 6.45) is -4.06. The summed E-state index contributed by atoms with van der Waals surface area (Å²) in [7, 11) is 2.96. The monoisotopic (exact) mass is 370 g/mol. The number of amides is 3. The molecule has 6 nitrogen and oxygen atoms in total. The van der Waals surface area contributed by atoms with Crippen LogP contribution in [0.1, 0.15) is 37.8 Å². The Bertz CT molecular complexity index is 737. The van der Waals surface area contributed by atoms with Gasteiger partial charge in [-0.05, 0) is 38.1 Å². The molecule has 9 heteroatoms. The second-order valence-electron chi connectivity index (χ2n) is 5.56. The lowest BCUT2D eigenvalue weighted by molar-refractivity contribution is -0.137. The quantitative estimate of drug-likeness (QED) is 0.828. The molecule has 0 bridgehead atoms. The van der Waals surface area contributed by atoms with Crippen LogP contribution in [0.4, 0.5) is 23.7 Å². The minimum atomic E-state index is -4.76. The van der Waals surface area contributed by atoms with Gasteiger partial charge in [-0.2, -0.15) is 18.4 Å². The van der Waals surface area contributed by atoms with Gasteiger partial charge in [0.25, 0.3) is 5.91 Å². The summed E-state index contributed by atoms with van der Waals surface area (Å²) < 4.78 is 39.3. The number of hydrogen-bond acceptors (Lipinski definition) is 4. The normalized spacial score (nSPS) is 16.3. The Morgan fingerprint density at radius 3 is 2.12 bits per heavy atom. The van der Waals surface area contributed by atoms with E-state index in [1.54, 1.807) is 13.8 Å². The van der Waals surface area contributed by atoms with Gasteiger partial charge in [0.1, 0.15) is 5.54 Å². The maximum Gasteiger partial charge on any atom is 0.417 e. The van der Waals surface area contributed by atoms with Crippen molar-refractivity contribution in [2.75, 3.05) is 19.0 Å². The predicted molar refractivity (Wildman–Crippen MR) is 90.2 cm³/mol. The zero-order chi connectivity index (χ0) is 20.3. The molecule has 1 aliphatic heterocycles. The van der Waals surface area contributed by atoms with Crippen molar-refractivity contribution < 1.29 is 22.8 Å². The first-order chi connectivity index (χ1) is 12.1. The highest BCUT2D eigenvalue weighted by Gasteiger charge is 2.54. The number of nitrogens with two attached hydrogens (primary N) is 1. The number of benzene rings is 1. The topological polar surface area (TPSA) is 90.4 Å². The molecule has 0 aliphatic carbocycles. The Morgan fingerprint density at radius 2 is 1.73 bits per heavy atom. The van der Waals surface area contributed by atoms with Gasteiger partial charge < -0.3 is 10.6 Å². The third-order valence-corrected chi connectivity index (χ3v) is 4.58. The molecule has 1 aromatic carbocycles. The zero-order valence-electron chi connectivity index (χ0n) is 15.0. The molecule has 2 N–H and O–H groups in total. The number of hydrogen-bond donors (Lipinski definition) is 1. The lowest BCUT2D eigenvalue weighted by Crippen LogP contribution is -2.46. The molecular weight excluding hydrogens is 349 g/mol. The molecule has 26 heavy (non-hydrogen) atoms. The number of urea groups is 1. The molecule has 2 rings (SSSR count). The molecule has 1 fully saturated rings. The molecule has 0 unspecified atom stereocenters. The van der Waals surface area contributed by atoms with E-state index in [4.69, 9.17) is 5.26 Å². The highest BCUT2D eigenvalue weighted by Crippen LogP contribution is 2.39. The number of halogens is 3. The van der Waals surface area contributed by atoms with Gasteiger partial charge in [-0.1, -0.05) is 13.8 Å². The molecule has 1 saturated heterocycles. The summed E-state index contributed by atoms with van der Waals surface area (Å²) in [6, 6.07) is 3.61. The molecule has 0 spiro atoms. The van der Waals surface area contributed by atoms with Crippen molar-refractivity contribution in [2.45, 2.75) is 38.4 Å². The number of imide groups is 1. The van der Waals surface area contributed by atoms with Gasteiger partial charge in [0.15, 0.2) is 0 Å². The molecule has 3 amide bonds. The number of anilines is 1. The number of alkyl halides is 3. The zero-order valence-corrected chi connectivity index (χ0v) is 15.0. The van der Waals surface area contributed by atoms with E-state index in [9.17, 15) is 22.8 Å². The van der Waals surface area contributed by atoms with Crippen molar-refractivity contribution >= 4 is 17.6 Å². The highest BCUT2D eigenvalue weighted by molar-refractivity contribution is 6.23. The first-order valence-electron chi connectivity index (χ1n) is 7.95. The fourth-order valence-corrected chi connectivity index (χ4v) is 3.03. The Kier molecular flexibility index (Phi) is 6.39. The second kappa shape index (κ2) is 7.74. The predicted octanol–water partition coefficient (Wildman–Crippen LogP) is 3.11. The average Bonchev–Trinajstić information content (AvgIpc) is 2.82. The Balaban J connectivity index is 0.00000163. The van der Waals surface area contributed by atoms with Crippen molar-refractivity contribution in [2.24, 2.45) is 5.73 Å². The lowest BCUT2D eigenvalue weighted by atomic mass is 9.91. The molecule has 0 aromatic heterocycles. The largest absolute Gasteiger partial charge is 0.417 e. The van der Waals surface area contributed by atoms with Crippen molar-refractivity contribution in [1.29, 1.82) is 5.26 Å². The third kappa shape index (κ3) is 3.24. The van der Waals surface area contributed by atoms with Gasteiger partial charge in [-0.3, -0.25) is 4.79 Å². The van der Waals surface area contributed by atoms with E-state index in [1.165, 1.54) is 31.1 Å². The molecule has 1 aromatic rings. The van der Waals surface area contributed by atoms with Gasteiger partial charge >= 0.3 is 12.2 Å². The molecular formula is C17H21F3N4O2. The van der Waals surface area contributed by atoms with Gasteiger partial charge in [0.2, 0.25) is 0 Å². The Morgan fingerprint density at radius 1 is 1.19 bits per heavy atom. The van der Waals surface area contributed by atoms with Crippen LogP contribution in [0.15, 0.2) is 18.2 Å². The highest BCUT2D eigenvalue weighted by atomic mass is 19.4. The summed E-state index contributed by atoms with van der Waals surface area (Å²) in [5.74, 6) is -0.558. The number of rotatable bonds is 3. The first kappa shape index (κ1) is 21.4. The minimum absolute atomic E-state index is 0.188. The van der Waals surface area contributed by atoms with Gasteiger partial charge in [0, 0.05) is 7.05 Å². The number of likely N-dealkylation sites (N-methyl/N-ethyl adjacent to an activating group) is 1. The van der Waals surface area contributed by atoms with Crippen LogP contribution in [-0.4, -0.2) is 36.5 Å². The number of carbonyl (C=O) groups excluding carboxylic acids is 2. The average molecular weight is 370 g/mol. The number of nitrogens with zero attached hydrogens (tertiary/aromatic N) is 3. The van der Waals surface area contributed by atoms with Gasteiger partial charge in [-0.25, -0.2) is 9.69 Å². The van der Waals surface area contributed by atoms with Crippen LogP contribution in [0.2, 0.25) is 0 Å². The Hall–Kier alpha value is -2.60. The molecule has 0 atom stereocenters. The summed E-state index contributed by atoms with van der Waals surface area (Å²) in [5, 5.41) is 8.84. The number of nitriles is 1. The van der Waals surface area contributed by atoms with E-state index < -0.39 is 34.8 Å². The molecule has 0 saturated carbocycles. The fraction of sp³-hybridized carbons (Fsp3) is 0.471. The standard InChI is InChI=1S/C16H16F3N3O2.CH5N/c1-4-15(5-2)13(23)22(14(24)21(15)3)11-7-6-10(9-20)12(8-11)16(17,18)19;1-2/h6-8H,4-5H2,1-3H3;2H2,1H3. The molecule has 142 valence electrons. The fourth-order valence-electron chi connectivity index (χ4n) is 3.03. The van der Waals surface area contributed by atoms with Crippen molar-refractivity contribution in [3.05, 3.63) is 29.3 Å². The Labute approximate surface area is 150 Å².